The highest BCUT2D eigenvalue weighted by atomic mass is 32.2. The van der Waals surface area contributed by atoms with Crippen molar-refractivity contribution in [1.82, 2.24) is 4.31 Å². The summed E-state index contributed by atoms with van der Waals surface area (Å²) in [6.07, 6.45) is 0.724. The third kappa shape index (κ3) is 4.29. The second-order valence-corrected chi connectivity index (χ2v) is 8.72. The van der Waals surface area contributed by atoms with Gasteiger partial charge in [0.1, 0.15) is 5.75 Å². The molecule has 2 rings (SSSR count). The number of sulfonamides is 1. The molecule has 1 heterocycles. The van der Waals surface area contributed by atoms with Crippen molar-refractivity contribution in [3.8, 4) is 5.75 Å². The Hall–Kier alpha value is -1.11. The first-order valence-electron chi connectivity index (χ1n) is 8.68. The topological polar surface area (TPSA) is 55.8 Å². The SMILES string of the molecule is CCCOc1ccc(S(=O)(=O)N2C[C@H](C)O[C@@H](C)C2)cc1C(C)C. The van der Waals surface area contributed by atoms with Gasteiger partial charge in [0.25, 0.3) is 0 Å². The van der Waals surface area contributed by atoms with Crippen molar-refractivity contribution in [1.29, 1.82) is 0 Å². The van der Waals surface area contributed by atoms with Crippen LogP contribution in [0.5, 0.6) is 5.75 Å². The monoisotopic (exact) mass is 355 g/mol. The van der Waals surface area contributed by atoms with Gasteiger partial charge in [-0.1, -0.05) is 20.8 Å². The van der Waals surface area contributed by atoms with E-state index in [0.717, 1.165) is 17.7 Å². The lowest BCUT2D eigenvalue weighted by atomic mass is 10.0. The van der Waals surface area contributed by atoms with Gasteiger partial charge in [-0.3, -0.25) is 0 Å². The van der Waals surface area contributed by atoms with Crippen LogP contribution in [0.4, 0.5) is 0 Å². The van der Waals surface area contributed by atoms with Crippen LogP contribution in [0.2, 0.25) is 0 Å². The number of ether oxygens (including phenoxy) is 2. The van der Waals surface area contributed by atoms with Crippen LogP contribution in [0.15, 0.2) is 23.1 Å². The Kier molecular flexibility index (Phi) is 6.28. The Balaban J connectivity index is 2.34. The molecule has 0 aliphatic carbocycles. The highest BCUT2D eigenvalue weighted by Crippen LogP contribution is 2.31. The van der Waals surface area contributed by atoms with Gasteiger partial charge in [-0.25, -0.2) is 8.42 Å². The van der Waals surface area contributed by atoms with Crippen LogP contribution in [-0.2, 0) is 14.8 Å². The summed E-state index contributed by atoms with van der Waals surface area (Å²) in [6.45, 7) is 11.3. The molecular formula is C18H29NO4S. The molecule has 6 heteroatoms. The molecule has 136 valence electrons. The summed E-state index contributed by atoms with van der Waals surface area (Å²) < 4.78 is 39.0. The van der Waals surface area contributed by atoms with E-state index in [1.807, 2.05) is 27.7 Å². The minimum Gasteiger partial charge on any atom is -0.493 e. The van der Waals surface area contributed by atoms with E-state index in [4.69, 9.17) is 9.47 Å². The Morgan fingerprint density at radius 1 is 1.25 bits per heavy atom. The van der Waals surface area contributed by atoms with Crippen molar-refractivity contribution in [2.45, 2.75) is 64.1 Å². The van der Waals surface area contributed by atoms with Crippen LogP contribution in [0.3, 0.4) is 0 Å². The summed E-state index contributed by atoms with van der Waals surface area (Å²) in [5.41, 5.74) is 0.930. The molecule has 1 fully saturated rings. The zero-order valence-electron chi connectivity index (χ0n) is 15.3. The van der Waals surface area contributed by atoms with Crippen molar-refractivity contribution in [2.75, 3.05) is 19.7 Å². The molecule has 0 spiro atoms. The molecule has 2 atom stereocenters. The molecule has 1 aliphatic heterocycles. The zero-order valence-corrected chi connectivity index (χ0v) is 16.1. The summed E-state index contributed by atoms with van der Waals surface area (Å²) in [5.74, 6) is 0.962. The number of hydrogen-bond acceptors (Lipinski definition) is 4. The molecule has 1 saturated heterocycles. The number of rotatable bonds is 6. The Bertz CT molecular complexity index is 647. The maximum absolute atomic E-state index is 13.0. The quantitative estimate of drug-likeness (QED) is 0.785. The van der Waals surface area contributed by atoms with Crippen LogP contribution in [0.1, 0.15) is 52.5 Å². The number of nitrogens with zero attached hydrogens (tertiary/aromatic N) is 1. The predicted octanol–water partition coefficient (Wildman–Crippen LogP) is 3.40. The molecule has 0 radical (unpaired) electrons. The van der Waals surface area contributed by atoms with E-state index in [2.05, 4.69) is 6.92 Å². The zero-order chi connectivity index (χ0) is 17.9. The second kappa shape index (κ2) is 7.85. The maximum atomic E-state index is 13.0. The maximum Gasteiger partial charge on any atom is 0.243 e. The highest BCUT2D eigenvalue weighted by molar-refractivity contribution is 7.89. The Morgan fingerprint density at radius 2 is 1.88 bits per heavy atom. The smallest absolute Gasteiger partial charge is 0.243 e. The van der Waals surface area contributed by atoms with Crippen molar-refractivity contribution < 1.29 is 17.9 Å². The Labute approximate surface area is 146 Å². The average molecular weight is 356 g/mol. The minimum atomic E-state index is -3.52. The molecule has 0 N–H and O–H groups in total. The van der Waals surface area contributed by atoms with Crippen molar-refractivity contribution >= 4 is 10.0 Å². The predicted molar refractivity (Wildman–Crippen MR) is 95.1 cm³/mol. The van der Waals surface area contributed by atoms with Crippen LogP contribution < -0.4 is 4.74 Å². The molecule has 5 nitrogen and oxygen atoms in total. The summed E-state index contributed by atoms with van der Waals surface area (Å²) in [4.78, 5) is 0.330. The lowest BCUT2D eigenvalue weighted by Gasteiger charge is -2.34. The number of morpholine rings is 1. The van der Waals surface area contributed by atoms with Gasteiger partial charge in [0.15, 0.2) is 0 Å². The largest absolute Gasteiger partial charge is 0.493 e. The average Bonchev–Trinajstić information content (AvgIpc) is 2.51. The fourth-order valence-corrected chi connectivity index (χ4v) is 4.58. The molecule has 0 saturated carbocycles. The lowest BCUT2D eigenvalue weighted by Crippen LogP contribution is -2.48. The van der Waals surface area contributed by atoms with E-state index in [-0.39, 0.29) is 18.1 Å². The van der Waals surface area contributed by atoms with E-state index in [9.17, 15) is 8.42 Å². The first kappa shape index (κ1) is 19.2. The highest BCUT2D eigenvalue weighted by Gasteiger charge is 2.32. The summed E-state index contributed by atoms with van der Waals surface area (Å²) in [6, 6.07) is 5.19. The van der Waals surface area contributed by atoms with Gasteiger partial charge < -0.3 is 9.47 Å². The van der Waals surface area contributed by atoms with E-state index in [1.165, 1.54) is 4.31 Å². The van der Waals surface area contributed by atoms with Gasteiger partial charge in [-0.05, 0) is 49.9 Å². The van der Waals surface area contributed by atoms with Gasteiger partial charge in [-0.2, -0.15) is 4.31 Å². The summed E-state index contributed by atoms with van der Waals surface area (Å²) in [5, 5.41) is 0. The molecule has 1 aliphatic rings. The number of benzene rings is 1. The fraction of sp³-hybridized carbons (Fsp3) is 0.667. The molecule has 0 amide bonds. The summed E-state index contributed by atoms with van der Waals surface area (Å²) >= 11 is 0. The number of hydrogen-bond donors (Lipinski definition) is 0. The third-order valence-electron chi connectivity index (χ3n) is 4.09. The third-order valence-corrected chi connectivity index (χ3v) is 5.92. The molecule has 1 aromatic carbocycles. The van der Waals surface area contributed by atoms with Gasteiger partial charge in [0.2, 0.25) is 10.0 Å². The van der Waals surface area contributed by atoms with E-state index >= 15 is 0 Å². The fourth-order valence-electron chi connectivity index (χ4n) is 2.96. The van der Waals surface area contributed by atoms with Crippen molar-refractivity contribution in [3.63, 3.8) is 0 Å². The van der Waals surface area contributed by atoms with Gasteiger partial charge >= 0.3 is 0 Å². The summed E-state index contributed by atoms with van der Waals surface area (Å²) in [7, 11) is -3.52. The molecule has 1 aromatic rings. The van der Waals surface area contributed by atoms with Crippen molar-refractivity contribution in [3.05, 3.63) is 23.8 Å². The first-order valence-corrected chi connectivity index (χ1v) is 10.1. The van der Waals surface area contributed by atoms with Gasteiger partial charge in [0, 0.05) is 13.1 Å². The molecule has 0 aromatic heterocycles. The van der Waals surface area contributed by atoms with Crippen LogP contribution in [-0.4, -0.2) is 44.6 Å². The van der Waals surface area contributed by atoms with Crippen LogP contribution >= 0.6 is 0 Å². The van der Waals surface area contributed by atoms with Crippen molar-refractivity contribution in [2.24, 2.45) is 0 Å². The molecule has 24 heavy (non-hydrogen) atoms. The molecule has 0 bridgehead atoms. The molecule has 0 unspecified atom stereocenters. The first-order chi connectivity index (χ1) is 11.3. The van der Waals surface area contributed by atoms with Crippen LogP contribution in [0.25, 0.3) is 0 Å². The Morgan fingerprint density at radius 3 is 2.42 bits per heavy atom. The standard InChI is InChI=1S/C18H29NO4S/c1-6-9-22-18-8-7-16(10-17(18)13(2)3)24(20,21)19-11-14(4)23-15(5)12-19/h7-8,10,13-15H,6,9,11-12H2,1-5H3/t14-,15-/m0/s1. The molecular weight excluding hydrogens is 326 g/mol. The van der Waals surface area contributed by atoms with Crippen LogP contribution in [0, 0.1) is 0 Å². The lowest BCUT2D eigenvalue weighted by molar-refractivity contribution is -0.0440. The minimum absolute atomic E-state index is 0.0970. The second-order valence-electron chi connectivity index (χ2n) is 6.78. The van der Waals surface area contributed by atoms with Gasteiger partial charge in [-0.15, -0.1) is 0 Å². The van der Waals surface area contributed by atoms with E-state index < -0.39 is 10.0 Å². The van der Waals surface area contributed by atoms with E-state index in [1.54, 1.807) is 18.2 Å². The van der Waals surface area contributed by atoms with E-state index in [0.29, 0.717) is 24.6 Å². The normalized spacial score (nSPS) is 22.8. The van der Waals surface area contributed by atoms with Gasteiger partial charge in [0.05, 0.1) is 23.7 Å².